The van der Waals surface area contributed by atoms with Crippen molar-refractivity contribution in [2.24, 2.45) is 0 Å². The lowest BCUT2D eigenvalue weighted by Crippen LogP contribution is -2.33. The average molecular weight is 367 g/mol. The molecule has 128 valence electrons. The van der Waals surface area contributed by atoms with Gasteiger partial charge < -0.3 is 9.84 Å². The van der Waals surface area contributed by atoms with E-state index in [1.54, 1.807) is 18.3 Å². The quantitative estimate of drug-likeness (QED) is 0.892. The second kappa shape index (κ2) is 6.52. The maximum Gasteiger partial charge on any atom is 0.336 e. The Hall–Kier alpha value is -1.93. The van der Waals surface area contributed by atoms with Crippen LogP contribution in [0.4, 0.5) is 0 Å². The topological polar surface area (TPSA) is 93.6 Å². The maximum absolute atomic E-state index is 12.2. The summed E-state index contributed by atoms with van der Waals surface area (Å²) in [5, 5.41) is 9.98. The van der Waals surface area contributed by atoms with Gasteiger partial charge in [0.1, 0.15) is 10.8 Å². The molecule has 2 heterocycles. The van der Waals surface area contributed by atoms with Crippen LogP contribution in [0, 0.1) is 6.92 Å². The van der Waals surface area contributed by atoms with Gasteiger partial charge in [-0.2, -0.15) is 0 Å². The Morgan fingerprint density at radius 1 is 1.38 bits per heavy atom. The van der Waals surface area contributed by atoms with E-state index in [0.717, 1.165) is 11.3 Å². The largest absolute Gasteiger partial charge is 0.478 e. The number of carbonyl (C=O) groups is 1. The summed E-state index contributed by atoms with van der Waals surface area (Å²) >= 11 is 1.34. The third kappa shape index (κ3) is 3.29. The van der Waals surface area contributed by atoms with Gasteiger partial charge in [0.25, 0.3) is 0 Å². The number of carboxylic acids is 1. The number of hydrogen-bond donors (Lipinski definition) is 1. The first-order valence-electron chi connectivity index (χ1n) is 7.56. The first kappa shape index (κ1) is 16.9. The van der Waals surface area contributed by atoms with Gasteiger partial charge >= 0.3 is 5.97 Å². The summed E-state index contributed by atoms with van der Waals surface area (Å²) in [5.74, 6) is -0.753. The minimum atomic E-state index is -3.34. The van der Waals surface area contributed by atoms with Crippen LogP contribution in [-0.4, -0.2) is 35.7 Å². The molecule has 1 atom stereocenters. The molecule has 0 bridgehead atoms. The lowest BCUT2D eigenvalue weighted by molar-refractivity contribution is 0.0697. The van der Waals surface area contributed by atoms with Crippen LogP contribution in [0.25, 0.3) is 10.6 Å². The van der Waals surface area contributed by atoms with E-state index < -0.39 is 21.2 Å². The fraction of sp³-hybridized carbons (Fsp3) is 0.375. The Kier molecular flexibility index (Phi) is 4.60. The van der Waals surface area contributed by atoms with E-state index in [9.17, 15) is 18.3 Å². The first-order chi connectivity index (χ1) is 11.4. The number of ether oxygens (including phenoxy) is 1. The minimum absolute atomic E-state index is 0.0510. The molecule has 1 aromatic carbocycles. The van der Waals surface area contributed by atoms with Crippen molar-refractivity contribution in [3.8, 4) is 16.3 Å². The molecule has 0 aliphatic carbocycles. The van der Waals surface area contributed by atoms with Crippen molar-refractivity contribution in [2.75, 3.05) is 5.75 Å². The SMILES string of the molecule is Cc1cnc(-c2c(OC3CCCCS3(=O)=O)cccc2C(=O)O)s1. The summed E-state index contributed by atoms with van der Waals surface area (Å²) in [6, 6.07) is 4.62. The molecule has 1 N–H and O–H groups in total. The lowest BCUT2D eigenvalue weighted by atomic mass is 10.1. The molecule has 3 rings (SSSR count). The van der Waals surface area contributed by atoms with Crippen molar-refractivity contribution >= 4 is 27.1 Å². The third-order valence-electron chi connectivity index (χ3n) is 3.87. The summed E-state index contributed by atoms with van der Waals surface area (Å²) in [6.45, 7) is 1.87. The molecule has 6 nitrogen and oxygen atoms in total. The van der Waals surface area contributed by atoms with Gasteiger partial charge in [0.05, 0.1) is 16.9 Å². The van der Waals surface area contributed by atoms with E-state index in [1.165, 1.54) is 17.4 Å². The molecule has 8 heteroatoms. The Morgan fingerprint density at radius 3 is 2.79 bits per heavy atom. The van der Waals surface area contributed by atoms with Gasteiger partial charge in [-0.25, -0.2) is 18.2 Å². The van der Waals surface area contributed by atoms with Crippen LogP contribution < -0.4 is 4.74 Å². The molecule has 1 aliphatic heterocycles. The number of aromatic carboxylic acids is 1. The molecule has 0 saturated carbocycles. The van der Waals surface area contributed by atoms with Gasteiger partial charge in [0, 0.05) is 11.1 Å². The summed E-state index contributed by atoms with van der Waals surface area (Å²) in [5.41, 5.74) is -0.547. The van der Waals surface area contributed by atoms with Crippen LogP contribution in [0.2, 0.25) is 0 Å². The molecule has 24 heavy (non-hydrogen) atoms. The lowest BCUT2D eigenvalue weighted by Gasteiger charge is -2.24. The van der Waals surface area contributed by atoms with Gasteiger partial charge in [0.15, 0.2) is 15.3 Å². The Balaban J connectivity index is 2.07. The number of hydrogen-bond acceptors (Lipinski definition) is 6. The van der Waals surface area contributed by atoms with Crippen molar-refractivity contribution in [2.45, 2.75) is 31.6 Å². The zero-order valence-electron chi connectivity index (χ0n) is 13.1. The third-order valence-corrected chi connectivity index (χ3v) is 6.79. The van der Waals surface area contributed by atoms with Gasteiger partial charge in [-0.15, -0.1) is 11.3 Å². The molecular formula is C16H17NO5S2. The second-order valence-electron chi connectivity index (χ2n) is 5.67. The van der Waals surface area contributed by atoms with Crippen molar-refractivity contribution in [3.05, 3.63) is 34.8 Å². The molecule has 1 aromatic heterocycles. The number of thiazole rings is 1. The number of nitrogens with zero attached hydrogens (tertiary/aromatic N) is 1. The van der Waals surface area contributed by atoms with Crippen molar-refractivity contribution in [1.82, 2.24) is 4.98 Å². The molecule has 1 saturated heterocycles. The number of rotatable bonds is 4. The molecule has 1 aliphatic rings. The fourth-order valence-corrected chi connectivity index (χ4v) is 5.17. The highest BCUT2D eigenvalue weighted by molar-refractivity contribution is 7.91. The van der Waals surface area contributed by atoms with Crippen molar-refractivity contribution in [3.63, 3.8) is 0 Å². The fourth-order valence-electron chi connectivity index (χ4n) is 2.70. The molecule has 2 aromatic rings. The van der Waals surface area contributed by atoms with Crippen molar-refractivity contribution < 1.29 is 23.1 Å². The van der Waals surface area contributed by atoms with E-state index >= 15 is 0 Å². The van der Waals surface area contributed by atoms with E-state index in [-0.39, 0.29) is 17.1 Å². The number of carboxylic acid groups (broad SMARTS) is 1. The highest BCUT2D eigenvalue weighted by Crippen LogP contribution is 2.37. The summed E-state index contributed by atoms with van der Waals surface area (Å²) in [4.78, 5) is 16.8. The summed E-state index contributed by atoms with van der Waals surface area (Å²) in [7, 11) is -3.34. The average Bonchev–Trinajstić information content (AvgIpc) is 2.95. The zero-order chi connectivity index (χ0) is 17.3. The van der Waals surface area contributed by atoms with Gasteiger partial charge in [-0.3, -0.25) is 0 Å². The summed E-state index contributed by atoms with van der Waals surface area (Å²) < 4.78 is 30.2. The van der Waals surface area contributed by atoms with Crippen molar-refractivity contribution in [1.29, 1.82) is 0 Å². The van der Waals surface area contributed by atoms with Crippen LogP contribution in [0.1, 0.15) is 34.5 Å². The number of sulfone groups is 1. The predicted molar refractivity (Wildman–Crippen MR) is 91.3 cm³/mol. The zero-order valence-corrected chi connectivity index (χ0v) is 14.7. The van der Waals surface area contributed by atoms with E-state index in [0.29, 0.717) is 23.4 Å². The minimum Gasteiger partial charge on any atom is -0.478 e. The van der Waals surface area contributed by atoms with Crippen LogP contribution in [0.3, 0.4) is 0 Å². The van der Waals surface area contributed by atoms with Gasteiger partial charge in [0.2, 0.25) is 0 Å². The van der Waals surface area contributed by atoms with Gasteiger partial charge in [-0.1, -0.05) is 6.07 Å². The van der Waals surface area contributed by atoms with Crippen LogP contribution in [0.15, 0.2) is 24.4 Å². The number of benzene rings is 1. The highest BCUT2D eigenvalue weighted by Gasteiger charge is 2.32. The second-order valence-corrected chi connectivity index (χ2v) is 9.16. The normalized spacial score (nSPS) is 19.8. The monoisotopic (exact) mass is 367 g/mol. The smallest absolute Gasteiger partial charge is 0.336 e. The Bertz CT molecular complexity index is 872. The molecular weight excluding hydrogens is 350 g/mol. The number of aromatic nitrogens is 1. The maximum atomic E-state index is 12.2. The number of aryl methyl sites for hydroxylation is 1. The Morgan fingerprint density at radius 2 is 2.17 bits per heavy atom. The molecule has 0 amide bonds. The summed E-state index contributed by atoms with van der Waals surface area (Å²) in [6.07, 6.45) is 3.47. The molecule has 0 radical (unpaired) electrons. The van der Waals surface area contributed by atoms with E-state index in [2.05, 4.69) is 4.98 Å². The van der Waals surface area contributed by atoms with Crippen LogP contribution >= 0.6 is 11.3 Å². The van der Waals surface area contributed by atoms with Crippen LogP contribution in [-0.2, 0) is 9.84 Å². The van der Waals surface area contributed by atoms with Gasteiger partial charge in [-0.05, 0) is 38.3 Å². The standard InChI is InChI=1S/C16H17NO5S2/c1-10-9-17-15(23-10)14-11(16(18)19)5-4-6-12(14)22-13-7-2-3-8-24(13,20)21/h4-6,9,13H,2-3,7-8H2,1H3,(H,18,19). The molecule has 0 spiro atoms. The molecule has 1 unspecified atom stereocenters. The van der Waals surface area contributed by atoms with E-state index in [4.69, 9.17) is 4.74 Å². The predicted octanol–water partition coefficient (Wildman–Crippen LogP) is 3.12. The van der Waals surface area contributed by atoms with Crippen LogP contribution in [0.5, 0.6) is 5.75 Å². The Labute approximate surface area is 144 Å². The highest BCUT2D eigenvalue weighted by atomic mass is 32.2. The first-order valence-corrected chi connectivity index (χ1v) is 10.1. The van der Waals surface area contributed by atoms with E-state index in [1.807, 2.05) is 6.92 Å². The molecule has 1 fully saturated rings.